The van der Waals surface area contributed by atoms with E-state index in [1.54, 1.807) is 24.6 Å². The molecular formula is C20H18FN5O4S. The van der Waals surface area contributed by atoms with Crippen LogP contribution < -0.4 is 5.32 Å². The fourth-order valence-electron chi connectivity index (χ4n) is 2.82. The zero-order valence-electron chi connectivity index (χ0n) is 16.6. The quantitative estimate of drug-likeness (QED) is 0.245. The molecule has 160 valence electrons. The van der Waals surface area contributed by atoms with Crippen molar-refractivity contribution in [2.75, 3.05) is 5.75 Å². The number of amides is 1. The van der Waals surface area contributed by atoms with Crippen LogP contribution in [0.5, 0.6) is 0 Å². The van der Waals surface area contributed by atoms with Crippen molar-refractivity contribution in [1.82, 2.24) is 20.1 Å². The average Bonchev–Trinajstić information content (AvgIpc) is 3.12. The van der Waals surface area contributed by atoms with Crippen molar-refractivity contribution >= 4 is 29.1 Å². The summed E-state index contributed by atoms with van der Waals surface area (Å²) >= 11 is 1.12. The molecule has 1 N–H and O–H groups in total. The first kappa shape index (κ1) is 22.1. The lowest BCUT2D eigenvalue weighted by Gasteiger charge is -2.14. The van der Waals surface area contributed by atoms with E-state index in [0.717, 1.165) is 11.8 Å². The molecule has 9 nitrogen and oxygen atoms in total. The van der Waals surface area contributed by atoms with Crippen molar-refractivity contribution in [2.45, 2.75) is 18.1 Å². The van der Waals surface area contributed by atoms with Gasteiger partial charge in [-0.2, -0.15) is 0 Å². The highest BCUT2D eigenvalue weighted by molar-refractivity contribution is 7.99. The fourth-order valence-corrected chi connectivity index (χ4v) is 3.63. The van der Waals surface area contributed by atoms with E-state index < -0.39 is 22.7 Å². The minimum Gasteiger partial charge on any atom is -0.342 e. The molecule has 0 bridgehead atoms. The normalized spacial score (nSPS) is 11.7. The maximum atomic E-state index is 13.8. The topological polar surface area (TPSA) is 120 Å². The number of carbonyl (C=O) groups excluding carboxylic acids is 2. The first-order valence-corrected chi connectivity index (χ1v) is 10.1. The number of nitro benzene ring substituents is 1. The van der Waals surface area contributed by atoms with E-state index >= 15 is 0 Å². The zero-order chi connectivity index (χ0) is 22.5. The summed E-state index contributed by atoms with van der Waals surface area (Å²) in [6.45, 7) is 1.69. The Kier molecular flexibility index (Phi) is 6.75. The van der Waals surface area contributed by atoms with Crippen LogP contribution >= 0.6 is 11.8 Å². The van der Waals surface area contributed by atoms with Crippen LogP contribution in [-0.4, -0.2) is 37.1 Å². The number of nitrogens with zero attached hydrogens (tertiary/aromatic N) is 4. The van der Waals surface area contributed by atoms with E-state index in [4.69, 9.17) is 0 Å². The molecule has 1 aromatic heterocycles. The van der Waals surface area contributed by atoms with Crippen LogP contribution in [0, 0.1) is 15.9 Å². The van der Waals surface area contributed by atoms with Gasteiger partial charge in [-0.3, -0.25) is 19.7 Å². The Labute approximate surface area is 180 Å². The van der Waals surface area contributed by atoms with Gasteiger partial charge in [0.25, 0.3) is 11.6 Å². The van der Waals surface area contributed by atoms with Gasteiger partial charge in [-0.05, 0) is 19.1 Å². The van der Waals surface area contributed by atoms with Crippen LogP contribution in [-0.2, 0) is 7.05 Å². The van der Waals surface area contributed by atoms with Gasteiger partial charge in [0.05, 0.1) is 22.3 Å². The third-order valence-electron chi connectivity index (χ3n) is 4.43. The van der Waals surface area contributed by atoms with Gasteiger partial charge in [-0.1, -0.05) is 36.0 Å². The number of nitro groups is 1. The van der Waals surface area contributed by atoms with E-state index in [9.17, 15) is 24.1 Å². The maximum absolute atomic E-state index is 13.8. The third-order valence-corrected chi connectivity index (χ3v) is 5.45. The second kappa shape index (κ2) is 9.47. The number of hydrogen-bond acceptors (Lipinski definition) is 7. The Bertz CT molecular complexity index is 1150. The second-order valence-corrected chi connectivity index (χ2v) is 7.54. The molecule has 0 unspecified atom stereocenters. The van der Waals surface area contributed by atoms with Crippen LogP contribution in [0.2, 0.25) is 0 Å². The number of ketones is 1. The Morgan fingerprint density at radius 1 is 1.23 bits per heavy atom. The number of aromatic nitrogens is 3. The zero-order valence-corrected chi connectivity index (χ0v) is 17.4. The summed E-state index contributed by atoms with van der Waals surface area (Å²) in [6.07, 6.45) is 0. The summed E-state index contributed by atoms with van der Waals surface area (Å²) in [4.78, 5) is 35.0. The molecule has 3 rings (SSSR count). The molecule has 1 heterocycles. The molecule has 0 aliphatic rings. The van der Waals surface area contributed by atoms with Crippen LogP contribution in [0.15, 0.2) is 53.7 Å². The number of Topliss-reactive ketones (excluding diaryl/α,β-unsaturated/α-hetero) is 1. The Balaban J connectivity index is 1.65. The van der Waals surface area contributed by atoms with Crippen molar-refractivity contribution in [2.24, 2.45) is 7.05 Å². The standard InChI is InChI=1S/C20H18FN5O4S/c1-12(22-19(28)15-8-3-4-9-16(15)21)18-23-24-20(25(18)2)31-11-17(27)13-6-5-7-14(10-13)26(29)30/h3-10,12H,11H2,1-2H3,(H,22,28)/t12-/m1/s1. The molecule has 31 heavy (non-hydrogen) atoms. The van der Waals surface area contributed by atoms with Gasteiger partial charge >= 0.3 is 0 Å². The largest absolute Gasteiger partial charge is 0.342 e. The lowest BCUT2D eigenvalue weighted by molar-refractivity contribution is -0.384. The maximum Gasteiger partial charge on any atom is 0.270 e. The van der Waals surface area contributed by atoms with Gasteiger partial charge in [0.1, 0.15) is 5.82 Å². The van der Waals surface area contributed by atoms with Crippen molar-refractivity contribution in [3.63, 3.8) is 0 Å². The van der Waals surface area contributed by atoms with E-state index in [-0.39, 0.29) is 28.4 Å². The third kappa shape index (κ3) is 5.12. The van der Waals surface area contributed by atoms with Gasteiger partial charge in [-0.15, -0.1) is 10.2 Å². The molecule has 0 radical (unpaired) electrons. The number of non-ortho nitro benzene ring substituents is 1. The first-order valence-electron chi connectivity index (χ1n) is 9.13. The summed E-state index contributed by atoms with van der Waals surface area (Å²) in [5, 5.41) is 22.1. The minimum absolute atomic E-state index is 0.00308. The van der Waals surface area contributed by atoms with Crippen LogP contribution in [0.3, 0.4) is 0 Å². The first-order chi connectivity index (χ1) is 14.8. The number of halogens is 1. The van der Waals surface area contributed by atoms with Crippen molar-refractivity contribution in [3.8, 4) is 0 Å². The minimum atomic E-state index is -0.624. The lowest BCUT2D eigenvalue weighted by atomic mass is 10.1. The number of hydrogen-bond donors (Lipinski definition) is 1. The Morgan fingerprint density at radius 3 is 2.68 bits per heavy atom. The fraction of sp³-hybridized carbons (Fsp3) is 0.200. The molecule has 0 saturated heterocycles. The molecule has 0 saturated carbocycles. The van der Waals surface area contributed by atoms with Crippen molar-refractivity contribution in [3.05, 3.63) is 81.4 Å². The Hall–Kier alpha value is -3.60. The molecule has 0 spiro atoms. The van der Waals surface area contributed by atoms with E-state index in [2.05, 4.69) is 15.5 Å². The average molecular weight is 443 g/mol. The highest BCUT2D eigenvalue weighted by atomic mass is 32.2. The molecule has 0 fully saturated rings. The molecule has 0 aliphatic heterocycles. The number of rotatable bonds is 8. The number of benzene rings is 2. The van der Waals surface area contributed by atoms with Gasteiger partial charge < -0.3 is 9.88 Å². The van der Waals surface area contributed by atoms with Gasteiger partial charge in [0.15, 0.2) is 16.8 Å². The van der Waals surface area contributed by atoms with E-state index in [1.807, 2.05) is 0 Å². The summed E-state index contributed by atoms with van der Waals surface area (Å²) < 4.78 is 15.4. The number of thioether (sulfide) groups is 1. The molecule has 2 aromatic carbocycles. The van der Waals surface area contributed by atoms with Crippen LogP contribution in [0.1, 0.15) is 39.5 Å². The smallest absolute Gasteiger partial charge is 0.270 e. The van der Waals surface area contributed by atoms with Crippen molar-refractivity contribution in [1.29, 1.82) is 0 Å². The summed E-state index contributed by atoms with van der Waals surface area (Å²) in [5.41, 5.74) is -0.000470. The highest BCUT2D eigenvalue weighted by Crippen LogP contribution is 2.22. The number of nitrogens with one attached hydrogen (secondary N) is 1. The number of carbonyl (C=O) groups is 2. The summed E-state index contributed by atoms with van der Waals surface area (Å²) in [5.74, 6) is -1.07. The predicted octanol–water partition coefficient (Wildman–Crippen LogP) is 3.33. The predicted molar refractivity (Wildman–Crippen MR) is 111 cm³/mol. The SMILES string of the molecule is C[C@@H](NC(=O)c1ccccc1F)c1nnc(SCC(=O)c2cccc([N+](=O)[O-])c2)n1C. The van der Waals surface area contributed by atoms with Crippen LogP contribution in [0.25, 0.3) is 0 Å². The molecule has 0 aliphatic carbocycles. The van der Waals surface area contributed by atoms with Crippen molar-refractivity contribution < 1.29 is 18.9 Å². The molecule has 1 atom stereocenters. The molecule has 1 amide bonds. The van der Waals surface area contributed by atoms with Gasteiger partial charge in [0, 0.05) is 24.7 Å². The van der Waals surface area contributed by atoms with Gasteiger partial charge in [-0.25, -0.2) is 4.39 Å². The van der Waals surface area contributed by atoms with Gasteiger partial charge in [0.2, 0.25) is 0 Å². The Morgan fingerprint density at radius 2 is 1.97 bits per heavy atom. The second-order valence-electron chi connectivity index (χ2n) is 6.59. The summed E-state index contributed by atoms with van der Waals surface area (Å²) in [6, 6.07) is 10.6. The highest BCUT2D eigenvalue weighted by Gasteiger charge is 2.21. The monoisotopic (exact) mass is 443 g/mol. The molecular weight excluding hydrogens is 425 g/mol. The summed E-state index contributed by atoms with van der Waals surface area (Å²) in [7, 11) is 1.68. The van der Waals surface area contributed by atoms with E-state index in [1.165, 1.54) is 42.5 Å². The molecule has 3 aromatic rings. The molecule has 11 heteroatoms. The van der Waals surface area contributed by atoms with E-state index in [0.29, 0.717) is 11.0 Å². The lowest BCUT2D eigenvalue weighted by Crippen LogP contribution is -2.29. The van der Waals surface area contributed by atoms with Crippen LogP contribution in [0.4, 0.5) is 10.1 Å².